The molecule has 0 spiro atoms. The zero-order chi connectivity index (χ0) is 10.8. The highest BCUT2D eigenvalue weighted by Crippen LogP contribution is 2.20. The average molecular weight is 214 g/mol. The van der Waals surface area contributed by atoms with Crippen molar-refractivity contribution in [3.8, 4) is 5.75 Å². The zero-order valence-electron chi connectivity index (χ0n) is 7.60. The highest BCUT2D eigenvalue weighted by Gasteiger charge is 2.12. The molecule has 0 bridgehead atoms. The third-order valence-electron chi connectivity index (χ3n) is 1.72. The van der Waals surface area contributed by atoms with Crippen LogP contribution in [0.1, 0.15) is 5.56 Å². The van der Waals surface area contributed by atoms with E-state index in [0.29, 0.717) is 11.3 Å². The molecule has 1 N–H and O–H groups in total. The van der Waals surface area contributed by atoms with E-state index in [1.165, 1.54) is 19.2 Å². The molecule has 0 saturated carbocycles. The summed E-state index contributed by atoms with van der Waals surface area (Å²) >= 11 is 0. The Morgan fingerprint density at radius 1 is 1.36 bits per heavy atom. The third-order valence-corrected chi connectivity index (χ3v) is 2.58. The van der Waals surface area contributed by atoms with E-state index in [1.807, 2.05) is 0 Å². The van der Waals surface area contributed by atoms with Crippen LogP contribution < -0.4 is 4.74 Å². The van der Waals surface area contributed by atoms with Crippen LogP contribution >= 0.6 is 0 Å². The van der Waals surface area contributed by atoms with Crippen molar-refractivity contribution < 1.29 is 17.7 Å². The van der Waals surface area contributed by atoms with Crippen LogP contribution in [0.25, 0.3) is 4.91 Å². The third kappa shape index (κ3) is 2.34. The maximum Gasteiger partial charge on any atom is 0.294 e. The van der Waals surface area contributed by atoms with Crippen LogP contribution in [0, 0.1) is 0 Å². The van der Waals surface area contributed by atoms with Crippen LogP contribution in [0.4, 0.5) is 0 Å². The Balaban J connectivity index is 3.05. The summed E-state index contributed by atoms with van der Waals surface area (Å²) in [6.07, 6.45) is 0. The van der Waals surface area contributed by atoms with Gasteiger partial charge in [0.25, 0.3) is 10.1 Å². The summed E-state index contributed by atoms with van der Waals surface area (Å²) < 4.78 is 35.0. The molecule has 0 aromatic heterocycles. The lowest BCUT2D eigenvalue weighted by atomic mass is 10.2. The van der Waals surface area contributed by atoms with Gasteiger partial charge in [-0.15, -0.1) is 0 Å². The fourth-order valence-corrected chi connectivity index (χ4v) is 1.36. The van der Waals surface area contributed by atoms with Crippen LogP contribution in [0.15, 0.2) is 30.8 Å². The summed E-state index contributed by atoms with van der Waals surface area (Å²) in [5.74, 6) is 0.608. The van der Waals surface area contributed by atoms with Crippen LogP contribution in [0.2, 0.25) is 0 Å². The van der Waals surface area contributed by atoms with E-state index < -0.39 is 10.1 Å². The lowest BCUT2D eigenvalue weighted by Crippen LogP contribution is -1.99. The highest BCUT2D eigenvalue weighted by atomic mass is 32.2. The Morgan fingerprint density at radius 2 is 1.86 bits per heavy atom. The number of methoxy groups -OCH3 is 1. The minimum absolute atomic E-state index is 0.319. The normalized spacial score (nSPS) is 11.0. The van der Waals surface area contributed by atoms with E-state index in [9.17, 15) is 8.42 Å². The van der Waals surface area contributed by atoms with Gasteiger partial charge in [0.05, 0.1) is 12.0 Å². The van der Waals surface area contributed by atoms with Crippen LogP contribution in [0.5, 0.6) is 5.75 Å². The molecule has 0 heterocycles. The van der Waals surface area contributed by atoms with Gasteiger partial charge in [0.15, 0.2) is 0 Å². The van der Waals surface area contributed by atoms with Crippen molar-refractivity contribution in [2.75, 3.05) is 7.11 Å². The summed E-state index contributed by atoms with van der Waals surface area (Å²) in [7, 11) is -2.70. The van der Waals surface area contributed by atoms with Crippen molar-refractivity contribution >= 4 is 15.0 Å². The molecule has 0 aliphatic heterocycles. The Hall–Kier alpha value is -1.33. The first-order valence-electron chi connectivity index (χ1n) is 3.76. The standard InChI is InChI=1S/C9H10O4S/c1-7(14(10,11)12)8-3-5-9(13-2)6-4-8/h3-6H,1H2,2H3,(H,10,11,12). The van der Waals surface area contributed by atoms with Gasteiger partial charge in [-0.1, -0.05) is 6.58 Å². The molecular weight excluding hydrogens is 204 g/mol. The molecule has 0 aliphatic carbocycles. The Kier molecular flexibility index (Phi) is 2.93. The maximum absolute atomic E-state index is 10.7. The summed E-state index contributed by atoms with van der Waals surface area (Å²) in [5.41, 5.74) is 0.341. The van der Waals surface area contributed by atoms with Crippen molar-refractivity contribution in [3.63, 3.8) is 0 Å². The molecule has 14 heavy (non-hydrogen) atoms. The van der Waals surface area contributed by atoms with Crippen LogP contribution in [0.3, 0.4) is 0 Å². The van der Waals surface area contributed by atoms with Crippen molar-refractivity contribution in [2.45, 2.75) is 0 Å². The Labute approximate surface area is 82.6 Å². The summed E-state index contributed by atoms with van der Waals surface area (Å²) in [5, 5.41) is 0. The number of rotatable bonds is 3. The number of hydrogen-bond acceptors (Lipinski definition) is 3. The molecule has 0 atom stereocenters. The smallest absolute Gasteiger partial charge is 0.294 e. The minimum atomic E-state index is -4.21. The summed E-state index contributed by atoms with van der Waals surface area (Å²) in [6, 6.07) is 6.20. The van der Waals surface area contributed by atoms with Crippen LogP contribution in [-0.4, -0.2) is 20.1 Å². The second-order valence-electron chi connectivity index (χ2n) is 2.63. The van der Waals surface area contributed by atoms with E-state index in [4.69, 9.17) is 9.29 Å². The summed E-state index contributed by atoms with van der Waals surface area (Å²) in [6.45, 7) is 3.27. The average Bonchev–Trinajstić information content (AvgIpc) is 2.15. The number of hydrogen-bond donors (Lipinski definition) is 1. The van der Waals surface area contributed by atoms with Gasteiger partial charge >= 0.3 is 0 Å². The fraction of sp³-hybridized carbons (Fsp3) is 0.111. The molecule has 76 valence electrons. The van der Waals surface area contributed by atoms with Crippen molar-refractivity contribution in [2.24, 2.45) is 0 Å². The van der Waals surface area contributed by atoms with Gasteiger partial charge in [-0.3, -0.25) is 4.55 Å². The van der Waals surface area contributed by atoms with E-state index in [2.05, 4.69) is 6.58 Å². The van der Waals surface area contributed by atoms with Gasteiger partial charge in [0, 0.05) is 0 Å². The molecule has 0 amide bonds. The Bertz CT molecular complexity index is 430. The van der Waals surface area contributed by atoms with Gasteiger partial charge in [0.1, 0.15) is 5.75 Å². The fourth-order valence-electron chi connectivity index (χ4n) is 0.926. The molecule has 0 saturated heterocycles. The molecule has 0 aliphatic rings. The van der Waals surface area contributed by atoms with E-state index in [-0.39, 0.29) is 4.91 Å². The predicted octanol–water partition coefficient (Wildman–Crippen LogP) is 1.55. The molecule has 0 radical (unpaired) electrons. The molecular formula is C9H10O4S. The number of ether oxygens (including phenoxy) is 1. The van der Waals surface area contributed by atoms with Gasteiger partial charge < -0.3 is 4.74 Å². The first-order valence-corrected chi connectivity index (χ1v) is 5.20. The van der Waals surface area contributed by atoms with Crippen molar-refractivity contribution in [1.82, 2.24) is 0 Å². The molecule has 0 fully saturated rings. The molecule has 1 aromatic rings. The van der Waals surface area contributed by atoms with E-state index in [1.54, 1.807) is 12.1 Å². The largest absolute Gasteiger partial charge is 0.497 e. The first kappa shape index (κ1) is 10.7. The SMILES string of the molecule is C=C(c1ccc(OC)cc1)S(=O)(=O)O. The Morgan fingerprint density at radius 3 is 2.21 bits per heavy atom. The quantitative estimate of drug-likeness (QED) is 0.775. The number of benzene rings is 1. The molecule has 1 aromatic carbocycles. The molecule has 1 rings (SSSR count). The van der Waals surface area contributed by atoms with E-state index >= 15 is 0 Å². The van der Waals surface area contributed by atoms with Gasteiger partial charge in [-0.05, 0) is 29.8 Å². The monoisotopic (exact) mass is 214 g/mol. The van der Waals surface area contributed by atoms with Gasteiger partial charge in [-0.25, -0.2) is 0 Å². The molecule has 5 heteroatoms. The lowest BCUT2D eigenvalue weighted by molar-refractivity contribution is 0.415. The molecule has 4 nitrogen and oxygen atoms in total. The molecule has 0 unspecified atom stereocenters. The van der Waals surface area contributed by atoms with Gasteiger partial charge in [-0.2, -0.15) is 8.42 Å². The lowest BCUT2D eigenvalue weighted by Gasteiger charge is -2.03. The van der Waals surface area contributed by atoms with Crippen molar-refractivity contribution in [1.29, 1.82) is 0 Å². The minimum Gasteiger partial charge on any atom is -0.497 e. The van der Waals surface area contributed by atoms with Gasteiger partial charge in [0.2, 0.25) is 0 Å². The topological polar surface area (TPSA) is 63.6 Å². The second kappa shape index (κ2) is 3.81. The van der Waals surface area contributed by atoms with Crippen LogP contribution in [-0.2, 0) is 10.1 Å². The summed E-state index contributed by atoms with van der Waals surface area (Å²) in [4.78, 5) is -0.319. The predicted molar refractivity (Wildman–Crippen MR) is 53.6 cm³/mol. The zero-order valence-corrected chi connectivity index (χ0v) is 8.41. The highest BCUT2D eigenvalue weighted by molar-refractivity contribution is 7.95. The van der Waals surface area contributed by atoms with E-state index in [0.717, 1.165) is 0 Å². The maximum atomic E-state index is 10.7. The second-order valence-corrected chi connectivity index (χ2v) is 4.07. The first-order chi connectivity index (χ1) is 6.45. The van der Waals surface area contributed by atoms with Crippen molar-refractivity contribution in [3.05, 3.63) is 36.4 Å².